The van der Waals surface area contributed by atoms with E-state index in [2.05, 4.69) is 30.4 Å². The van der Waals surface area contributed by atoms with Crippen LogP contribution in [0.25, 0.3) is 5.69 Å². The van der Waals surface area contributed by atoms with Crippen molar-refractivity contribution in [2.75, 3.05) is 6.54 Å². The molecule has 0 radical (unpaired) electrons. The molecule has 3 aromatic rings. The molecule has 5 heterocycles. The zero-order valence-corrected chi connectivity index (χ0v) is 21.4. The smallest absolute Gasteiger partial charge is 0.343 e. The van der Waals surface area contributed by atoms with Crippen molar-refractivity contribution in [2.24, 2.45) is 0 Å². The van der Waals surface area contributed by atoms with Crippen molar-refractivity contribution in [3.05, 3.63) is 40.6 Å². The molecular weight excluding hydrogens is 510 g/mol. The van der Waals surface area contributed by atoms with Crippen LogP contribution in [-0.4, -0.2) is 82.0 Å². The molecule has 2 aliphatic heterocycles. The summed E-state index contributed by atoms with van der Waals surface area (Å²) in [4.78, 5) is 31.4. The SMILES string of the molecule is Cc1ncc(-n2nnc(C)c2COc2cc3c(nn2)CN(C2CCC2)CC3)c2c1OC(=O)C(O)C(O)C(=O)O2. The van der Waals surface area contributed by atoms with Crippen LogP contribution in [-0.2, 0) is 29.2 Å². The van der Waals surface area contributed by atoms with E-state index < -0.39 is 24.1 Å². The van der Waals surface area contributed by atoms with Gasteiger partial charge in [-0.1, -0.05) is 11.6 Å². The maximum atomic E-state index is 12.4. The molecule has 3 aliphatic rings. The summed E-state index contributed by atoms with van der Waals surface area (Å²) in [5.41, 5.74) is 3.42. The first-order chi connectivity index (χ1) is 18.8. The van der Waals surface area contributed by atoms with Gasteiger partial charge in [0.1, 0.15) is 18.0 Å². The lowest BCUT2D eigenvalue weighted by atomic mass is 9.89. The second-order valence-corrected chi connectivity index (χ2v) is 9.90. The number of carbonyl (C=O) groups is 2. The summed E-state index contributed by atoms with van der Waals surface area (Å²) in [5.74, 6) is -2.49. The van der Waals surface area contributed by atoms with Gasteiger partial charge in [-0.3, -0.25) is 9.88 Å². The summed E-state index contributed by atoms with van der Waals surface area (Å²) in [6, 6.07) is 2.55. The Morgan fingerprint density at radius 2 is 1.77 bits per heavy atom. The van der Waals surface area contributed by atoms with E-state index in [0.717, 1.165) is 30.8 Å². The Hall–Kier alpha value is -4.01. The third-order valence-corrected chi connectivity index (χ3v) is 7.43. The molecule has 0 aromatic carbocycles. The lowest BCUT2D eigenvalue weighted by molar-refractivity contribution is -0.164. The molecule has 2 atom stereocenters. The van der Waals surface area contributed by atoms with E-state index in [4.69, 9.17) is 14.2 Å². The minimum absolute atomic E-state index is 0.00176. The number of aliphatic hydroxyl groups excluding tert-OH is 2. The van der Waals surface area contributed by atoms with Crippen LogP contribution in [0.15, 0.2) is 12.3 Å². The number of hydrogen-bond donors (Lipinski definition) is 2. The van der Waals surface area contributed by atoms with Crippen molar-refractivity contribution in [1.29, 1.82) is 0 Å². The van der Waals surface area contributed by atoms with Gasteiger partial charge in [-0.25, -0.2) is 14.3 Å². The van der Waals surface area contributed by atoms with Gasteiger partial charge in [-0.15, -0.1) is 10.2 Å². The second-order valence-electron chi connectivity index (χ2n) is 9.90. The summed E-state index contributed by atoms with van der Waals surface area (Å²) in [6.45, 7) is 5.04. The molecule has 14 nitrogen and oxygen atoms in total. The lowest BCUT2D eigenvalue weighted by Crippen LogP contribution is -2.45. The van der Waals surface area contributed by atoms with E-state index in [1.54, 1.807) is 6.92 Å². The van der Waals surface area contributed by atoms with Gasteiger partial charge in [0, 0.05) is 25.2 Å². The number of esters is 2. The van der Waals surface area contributed by atoms with Crippen LogP contribution in [0.4, 0.5) is 0 Å². The number of aryl methyl sites for hydroxylation is 2. The van der Waals surface area contributed by atoms with E-state index in [0.29, 0.717) is 23.3 Å². The molecule has 0 spiro atoms. The average molecular weight is 538 g/mol. The molecule has 1 aliphatic carbocycles. The summed E-state index contributed by atoms with van der Waals surface area (Å²) >= 11 is 0. The Morgan fingerprint density at radius 3 is 2.49 bits per heavy atom. The first-order valence-electron chi connectivity index (χ1n) is 12.7. The van der Waals surface area contributed by atoms with Gasteiger partial charge in [-0.05, 0) is 38.7 Å². The molecule has 14 heteroatoms. The molecule has 0 amide bonds. The topological polar surface area (TPSA) is 175 Å². The van der Waals surface area contributed by atoms with Crippen molar-refractivity contribution in [3.8, 4) is 23.1 Å². The normalized spacial score (nSPS) is 21.6. The van der Waals surface area contributed by atoms with Gasteiger partial charge in [0.05, 0.1) is 23.3 Å². The number of aliphatic hydroxyl groups is 2. The van der Waals surface area contributed by atoms with E-state index >= 15 is 0 Å². The zero-order chi connectivity index (χ0) is 27.3. The summed E-state index contributed by atoms with van der Waals surface area (Å²) in [7, 11) is 0. The summed E-state index contributed by atoms with van der Waals surface area (Å²) in [6.07, 6.45) is 1.79. The van der Waals surface area contributed by atoms with E-state index in [-0.39, 0.29) is 29.5 Å². The van der Waals surface area contributed by atoms with Crippen LogP contribution < -0.4 is 14.2 Å². The first kappa shape index (κ1) is 25.3. The molecule has 3 aromatic heterocycles. The second kappa shape index (κ2) is 9.94. The van der Waals surface area contributed by atoms with Crippen LogP contribution in [0.5, 0.6) is 17.4 Å². The molecule has 39 heavy (non-hydrogen) atoms. The first-order valence-corrected chi connectivity index (χ1v) is 12.7. The Bertz CT molecular complexity index is 1450. The highest BCUT2D eigenvalue weighted by molar-refractivity contribution is 5.90. The third kappa shape index (κ3) is 4.60. The molecule has 0 bridgehead atoms. The highest BCUT2D eigenvalue weighted by atomic mass is 16.6. The van der Waals surface area contributed by atoms with Crippen LogP contribution in [0.2, 0.25) is 0 Å². The molecule has 6 rings (SSSR count). The highest BCUT2D eigenvalue weighted by Crippen LogP contribution is 2.38. The highest BCUT2D eigenvalue weighted by Gasteiger charge is 2.39. The number of pyridine rings is 1. The Balaban J connectivity index is 1.26. The molecule has 2 unspecified atom stereocenters. The molecule has 1 saturated carbocycles. The maximum absolute atomic E-state index is 12.4. The van der Waals surface area contributed by atoms with E-state index in [1.807, 2.05) is 6.07 Å². The van der Waals surface area contributed by atoms with Gasteiger partial charge in [0.2, 0.25) is 11.6 Å². The Morgan fingerprint density at radius 1 is 1.03 bits per heavy atom. The molecule has 204 valence electrons. The van der Waals surface area contributed by atoms with Gasteiger partial charge < -0.3 is 24.4 Å². The number of ether oxygens (including phenoxy) is 3. The minimum Gasteiger partial charge on any atom is -0.470 e. The number of nitrogens with zero attached hydrogens (tertiary/aromatic N) is 7. The van der Waals surface area contributed by atoms with Crippen molar-refractivity contribution < 1.29 is 34.0 Å². The number of carbonyl (C=O) groups excluding carboxylic acids is 2. The van der Waals surface area contributed by atoms with Crippen LogP contribution in [0.3, 0.4) is 0 Å². The van der Waals surface area contributed by atoms with Crippen molar-refractivity contribution >= 4 is 11.9 Å². The third-order valence-electron chi connectivity index (χ3n) is 7.43. The molecule has 1 fully saturated rings. The van der Waals surface area contributed by atoms with Gasteiger partial charge in [0.25, 0.3) is 0 Å². The number of hydrogen-bond acceptors (Lipinski definition) is 13. The van der Waals surface area contributed by atoms with Gasteiger partial charge in [0.15, 0.2) is 18.0 Å². The monoisotopic (exact) mass is 537 g/mol. The van der Waals surface area contributed by atoms with Gasteiger partial charge in [-0.2, -0.15) is 5.10 Å². The Kier molecular flexibility index (Phi) is 6.45. The van der Waals surface area contributed by atoms with Crippen molar-refractivity contribution in [1.82, 2.24) is 35.1 Å². The van der Waals surface area contributed by atoms with E-state index in [1.165, 1.54) is 37.1 Å². The van der Waals surface area contributed by atoms with Gasteiger partial charge >= 0.3 is 11.9 Å². The number of fused-ring (bicyclic) bond motifs is 2. The van der Waals surface area contributed by atoms with Crippen molar-refractivity contribution in [2.45, 2.75) is 70.9 Å². The molecule has 2 N–H and O–H groups in total. The van der Waals surface area contributed by atoms with Crippen molar-refractivity contribution in [3.63, 3.8) is 0 Å². The summed E-state index contributed by atoms with van der Waals surface area (Å²) < 4.78 is 17.9. The molecule has 0 saturated heterocycles. The quantitative estimate of drug-likeness (QED) is 0.420. The number of rotatable bonds is 5. The fourth-order valence-electron chi connectivity index (χ4n) is 4.84. The predicted molar refractivity (Wildman–Crippen MR) is 130 cm³/mol. The fraction of sp³-hybridized carbons (Fsp3) is 0.480. The van der Waals surface area contributed by atoms with Crippen LogP contribution in [0, 0.1) is 13.8 Å². The Labute approximate surface area is 222 Å². The molecular formula is C25H27N7O7. The fourth-order valence-corrected chi connectivity index (χ4v) is 4.84. The van der Waals surface area contributed by atoms with E-state index in [9.17, 15) is 19.8 Å². The minimum atomic E-state index is -2.13. The lowest BCUT2D eigenvalue weighted by Gasteiger charge is -2.39. The maximum Gasteiger partial charge on any atom is 0.343 e. The standard InChI is InChI=1S/C25H27N7O7/c1-12-18(11-37-19-8-14-6-7-31(15-4-3-5-15)10-16(14)28-29-19)32(30-27-12)17-9-26-13(2)22-23(17)39-25(36)21(34)20(33)24(35)38-22/h8-9,15,20-21,33-34H,3-7,10-11H2,1-2H3. The summed E-state index contributed by atoms with van der Waals surface area (Å²) in [5, 5.41) is 36.8. The average Bonchev–Trinajstić information content (AvgIpc) is 3.26. The van der Waals surface area contributed by atoms with Crippen LogP contribution >= 0.6 is 0 Å². The zero-order valence-electron chi connectivity index (χ0n) is 21.4. The largest absolute Gasteiger partial charge is 0.470 e. The van der Waals surface area contributed by atoms with Crippen LogP contribution in [0.1, 0.15) is 47.6 Å². The predicted octanol–water partition coefficient (Wildman–Crippen LogP) is 0.105. The number of aromatic nitrogens is 6.